The van der Waals surface area contributed by atoms with Gasteiger partial charge in [-0.1, -0.05) is 146 Å². The minimum Gasteiger partial charge on any atom is -0.481 e. The number of carboxylic acid groups (broad SMARTS) is 5. The summed E-state index contributed by atoms with van der Waals surface area (Å²) in [5, 5.41) is 119. The Hall–Kier alpha value is -4.99. The maximum Gasteiger partial charge on any atom is 0.320 e. The SMILES string of the molecule is CC(C)C(N)C(O)O.CC(N)C(O)O.CCC[C@H](O)[C@@H](O)[C@H](O)[C@H](O)CO.Cl.NC(Cc1ccccc1)C(=O)O.NCCC(=O)O.NCCCC(=O)O.NCCCCC(N)C(=O)O.NCCCCCC(=O)O.NCCCS(=O)(=O)O.NCCS(=O)(=O)O.NCCc1ccccc1.O=S(=O)(O)CCCCC1CCCCC1. The molecule has 0 radical (unpaired) electrons. The van der Waals surface area contributed by atoms with E-state index in [4.69, 9.17) is 138 Å². The topological polar surface area (TPSA) is 818 Å². The van der Waals surface area contributed by atoms with Gasteiger partial charge in [0.15, 0.2) is 12.6 Å². The van der Waals surface area contributed by atoms with Crippen LogP contribution in [0.5, 0.6) is 0 Å². The number of hydrogen-bond acceptors (Lipinski definition) is 31. The van der Waals surface area contributed by atoms with Gasteiger partial charge >= 0.3 is 29.8 Å². The quantitative estimate of drug-likeness (QED) is 0.0204. The van der Waals surface area contributed by atoms with Crippen molar-refractivity contribution in [2.75, 3.05) is 69.7 Å². The summed E-state index contributed by atoms with van der Waals surface area (Å²) in [5.74, 6) is -3.94. The molecule has 0 aromatic heterocycles. The summed E-state index contributed by atoms with van der Waals surface area (Å²) in [7, 11) is -11.3. The lowest BCUT2D eigenvalue weighted by molar-refractivity contribution is -0.139. The van der Waals surface area contributed by atoms with E-state index in [0.29, 0.717) is 71.1 Å². The van der Waals surface area contributed by atoms with Crippen molar-refractivity contribution in [2.24, 2.45) is 74.9 Å². The van der Waals surface area contributed by atoms with E-state index in [0.717, 1.165) is 69.4 Å². The number of hydrogen-bond donors (Lipinski definition) is 28. The molecule has 39 N–H and O–H groups in total. The van der Waals surface area contributed by atoms with E-state index in [-0.39, 0.29) is 67.9 Å². The van der Waals surface area contributed by atoms with Gasteiger partial charge in [-0.25, -0.2) is 0 Å². The molecule has 1 saturated carbocycles. The summed E-state index contributed by atoms with van der Waals surface area (Å²) in [6.45, 7) is 9.34. The Kier molecular flexibility index (Phi) is 97.1. The minimum atomic E-state index is -3.80. The Balaban J connectivity index is -0.000000125. The van der Waals surface area contributed by atoms with Crippen LogP contribution in [0, 0.1) is 11.8 Å². The maximum absolute atomic E-state index is 10.4. The lowest BCUT2D eigenvalue weighted by Crippen LogP contribution is -2.45. The monoisotopic (exact) mass is 1680 g/mol. The molecule has 658 valence electrons. The molecule has 3 rings (SSSR count). The predicted octanol–water partition coefficient (Wildman–Crippen LogP) is -1.57. The molecule has 0 spiro atoms. The van der Waals surface area contributed by atoms with Crippen molar-refractivity contribution in [3.8, 4) is 0 Å². The molecule has 1 fully saturated rings. The Morgan fingerprint density at radius 3 is 1.14 bits per heavy atom. The van der Waals surface area contributed by atoms with Crippen LogP contribution in [0.2, 0.25) is 0 Å². The van der Waals surface area contributed by atoms with E-state index >= 15 is 0 Å². The first-order valence-electron chi connectivity index (χ1n) is 35.6. The standard InChI is InChI=1S/C10H20O3S.C9H11NO2.C8H11N.C8H18O5.C6H14N2O2.C6H13NO2.C5H13NO2.C4H9NO2.C3H9NO3S.C3H9NO2.C3H7NO2.C2H7NO3S.ClH/c11-14(12,13)9-5-4-8-10-6-2-1-3-7-10;10-8(9(11)12)6-7-4-2-1-3-5-7;9-7-6-8-4-2-1-3-5-8;1-2-3-5(10)7(12)8(13)6(11)4-9;7-4-2-1-3-5(8)6(9)10;7-5-3-1-2-4-6(8)9;1-3(2)4(6)5(7)8;5-3-1-2-4(6)7;4-2-1-3-8(5,6)7;1-2(4)3(5)6;4-2-1-3(5)6;3-1-2-7(4,5)6;/h10H,1-9H2,(H,11,12,13);1-5,8H,6,10H2,(H,11,12);1-5H,6-7,9H2;5-13H,2-4H2,1H3;5H,1-4,7-8H2,(H,9,10);1-5,7H2,(H,8,9);3-5,7-8H,6H2,1-2H3;1-3,5H2,(H,6,7);1-4H2,(H,5,6,7);2-3,5-6H,4H2,1H3;1-2,4H2,(H,5,6);1-3H2,(H,4,5,6);1H/t;;;5-,6+,7+,8+;;;;;;;;;/m...0........./s1. The smallest absolute Gasteiger partial charge is 0.320 e. The molecular weight excluding hydrogens is 1540 g/mol. The Bertz CT molecular complexity index is 2720. The van der Waals surface area contributed by atoms with Gasteiger partial charge in [0.1, 0.15) is 30.4 Å². The molecule has 43 heteroatoms. The second kappa shape index (κ2) is 84.9. The molecule has 1 aliphatic carbocycles. The fourth-order valence-corrected chi connectivity index (χ4v) is 8.75. The van der Waals surface area contributed by atoms with E-state index in [1.807, 2.05) is 69.3 Å². The molecule has 0 heterocycles. The van der Waals surface area contributed by atoms with Crippen LogP contribution in [-0.4, -0.2) is 271 Å². The molecule has 8 atom stereocenters. The van der Waals surface area contributed by atoms with Gasteiger partial charge in [-0.2, -0.15) is 25.3 Å². The number of aliphatic hydroxyl groups excluding tert-OH is 7. The third kappa shape index (κ3) is 112. The second-order valence-corrected chi connectivity index (χ2v) is 29.2. The van der Waals surface area contributed by atoms with Gasteiger partial charge < -0.3 is 135 Å². The van der Waals surface area contributed by atoms with E-state index in [2.05, 4.69) is 12.1 Å². The Morgan fingerprint density at radius 2 is 0.845 bits per heavy atom. The second-order valence-electron chi connectivity index (χ2n) is 24.5. The van der Waals surface area contributed by atoms with Crippen molar-refractivity contribution >= 4 is 72.6 Å². The predicted molar refractivity (Wildman–Crippen MR) is 424 cm³/mol. The molecule has 0 bridgehead atoms. The number of aliphatic hydroxyl groups is 9. The molecule has 2 aromatic rings. The van der Waals surface area contributed by atoms with Crippen LogP contribution in [0.25, 0.3) is 0 Å². The lowest BCUT2D eigenvalue weighted by atomic mass is 9.86. The first-order chi connectivity index (χ1) is 50.6. The first-order valence-corrected chi connectivity index (χ1v) is 40.4. The molecule has 39 nitrogen and oxygen atoms in total. The summed E-state index contributed by atoms with van der Waals surface area (Å²) >= 11 is 0. The van der Waals surface area contributed by atoms with E-state index in [9.17, 15) is 59.4 Å². The molecule has 0 saturated heterocycles. The zero-order chi connectivity index (χ0) is 86.6. The first kappa shape index (κ1) is 126. The van der Waals surface area contributed by atoms with E-state index < -0.39 is 128 Å². The normalized spacial score (nSPS) is 13.6. The van der Waals surface area contributed by atoms with Crippen LogP contribution in [0.1, 0.15) is 174 Å². The van der Waals surface area contributed by atoms with Crippen LogP contribution in [0.15, 0.2) is 60.7 Å². The highest BCUT2D eigenvalue weighted by Crippen LogP contribution is 2.27. The molecule has 1 aliphatic rings. The number of rotatable bonds is 39. The average Bonchev–Trinajstić information content (AvgIpc) is 0.910. The maximum atomic E-state index is 10.4. The molecular formula is C67H142ClN11O28S3. The van der Waals surface area contributed by atoms with Crippen molar-refractivity contribution in [1.29, 1.82) is 0 Å². The third-order valence-electron chi connectivity index (χ3n) is 13.7. The van der Waals surface area contributed by atoms with Gasteiger partial charge in [-0.3, -0.25) is 37.6 Å². The largest absolute Gasteiger partial charge is 0.481 e. The summed E-state index contributed by atoms with van der Waals surface area (Å²) in [6, 6.07) is 17.0. The molecule has 4 unspecified atom stereocenters. The number of benzene rings is 2. The van der Waals surface area contributed by atoms with Crippen molar-refractivity contribution in [3.05, 3.63) is 71.8 Å². The third-order valence-corrected chi connectivity index (χ3v) is 16.1. The summed E-state index contributed by atoms with van der Waals surface area (Å²) < 4.78 is 84.6. The van der Waals surface area contributed by atoms with Gasteiger partial charge in [-0.15, -0.1) is 12.4 Å². The highest BCUT2D eigenvalue weighted by molar-refractivity contribution is 7.86. The number of unbranched alkanes of at least 4 members (excludes halogenated alkanes) is 4. The van der Waals surface area contributed by atoms with Crippen molar-refractivity contribution in [3.63, 3.8) is 0 Å². The van der Waals surface area contributed by atoms with E-state index in [1.54, 1.807) is 0 Å². The number of halogens is 1. The summed E-state index contributed by atoms with van der Waals surface area (Å²) in [4.78, 5) is 49.7. The van der Waals surface area contributed by atoms with Gasteiger partial charge in [0.2, 0.25) is 0 Å². The number of carboxylic acids is 5. The van der Waals surface area contributed by atoms with Crippen molar-refractivity contribution < 1.29 is 134 Å². The van der Waals surface area contributed by atoms with Gasteiger partial charge in [0.05, 0.1) is 48.5 Å². The molecule has 0 amide bonds. The summed E-state index contributed by atoms with van der Waals surface area (Å²) in [6.07, 6.45) is 9.79. The highest BCUT2D eigenvalue weighted by Gasteiger charge is 2.29. The van der Waals surface area contributed by atoms with Crippen LogP contribution < -0.4 is 63.1 Å². The number of carbonyl (C=O) groups is 5. The van der Waals surface area contributed by atoms with Gasteiger partial charge in [0.25, 0.3) is 30.4 Å². The van der Waals surface area contributed by atoms with Crippen LogP contribution in [0.3, 0.4) is 0 Å². The fraction of sp³-hybridized carbons (Fsp3) is 0.746. The molecule has 110 heavy (non-hydrogen) atoms. The van der Waals surface area contributed by atoms with Gasteiger partial charge in [0, 0.05) is 25.9 Å². The highest BCUT2D eigenvalue weighted by atomic mass is 35.5. The van der Waals surface area contributed by atoms with Crippen LogP contribution in [-0.2, 0) is 67.2 Å². The fourth-order valence-electron chi connectivity index (χ4n) is 7.35. The van der Waals surface area contributed by atoms with Crippen LogP contribution >= 0.6 is 12.4 Å². The molecule has 2 aromatic carbocycles. The zero-order valence-electron chi connectivity index (χ0n) is 64.3. The number of nitrogens with two attached hydrogens (primary N) is 11. The lowest BCUT2D eigenvalue weighted by Gasteiger charge is -2.25. The number of aliphatic carboxylic acids is 5. The molecule has 0 aliphatic heterocycles. The van der Waals surface area contributed by atoms with Crippen LogP contribution in [0.4, 0.5) is 0 Å². The van der Waals surface area contributed by atoms with Gasteiger partial charge in [-0.05, 0) is 127 Å². The Morgan fingerprint density at radius 1 is 0.445 bits per heavy atom. The zero-order valence-corrected chi connectivity index (χ0v) is 67.6. The van der Waals surface area contributed by atoms with Crippen molar-refractivity contribution in [1.82, 2.24) is 0 Å². The summed E-state index contributed by atoms with van der Waals surface area (Å²) in [5.41, 5.74) is 58.4. The van der Waals surface area contributed by atoms with E-state index in [1.165, 1.54) is 44.6 Å². The minimum absolute atomic E-state index is 0. The average molecular weight is 1680 g/mol. The van der Waals surface area contributed by atoms with Crippen molar-refractivity contribution in [2.45, 2.75) is 237 Å². The Labute approximate surface area is 656 Å².